The summed E-state index contributed by atoms with van der Waals surface area (Å²) in [6, 6.07) is 54.8. The van der Waals surface area contributed by atoms with Crippen LogP contribution in [0.2, 0.25) is 10.0 Å². The molecule has 87 heavy (non-hydrogen) atoms. The van der Waals surface area contributed by atoms with E-state index < -0.39 is 19.1 Å². The van der Waals surface area contributed by atoms with E-state index >= 15 is 0 Å². The monoisotopic (exact) mass is 1220 g/mol. The first-order valence-corrected chi connectivity index (χ1v) is 33.4. The average molecular weight is 1220 g/mol. The van der Waals surface area contributed by atoms with Gasteiger partial charge in [-0.2, -0.15) is 0 Å². The Bertz CT molecular complexity index is 4110. The molecular weight excluding hydrogens is 1150 g/mol. The molecule has 0 atom stereocenters. The topological polar surface area (TPSA) is 184 Å². The summed E-state index contributed by atoms with van der Waals surface area (Å²) in [6.45, 7) is 5.14. The molecule has 0 amide bonds. The minimum Gasteiger partial charge on any atom is -0.489 e. The van der Waals surface area contributed by atoms with E-state index in [0.29, 0.717) is 52.1 Å². The number of aromatic carboxylic acids is 2. The Balaban J connectivity index is 0.000000182. The van der Waals surface area contributed by atoms with Crippen molar-refractivity contribution in [3.8, 4) is 56.5 Å². The molecule has 2 saturated carbocycles. The van der Waals surface area contributed by atoms with Gasteiger partial charge in [0.25, 0.3) is 0 Å². The highest BCUT2D eigenvalue weighted by Gasteiger charge is 2.25. The summed E-state index contributed by atoms with van der Waals surface area (Å²) in [4.78, 5) is 33.1. The zero-order valence-electron chi connectivity index (χ0n) is 48.9. The summed E-state index contributed by atoms with van der Waals surface area (Å²) in [5, 5.41) is 23.9. The number of rotatable bonds is 19. The quantitative estimate of drug-likeness (QED) is 0.0343. The minimum absolute atomic E-state index is 0.242. The molecule has 446 valence electrons. The van der Waals surface area contributed by atoms with Crippen LogP contribution in [0.1, 0.15) is 115 Å². The maximum Gasteiger partial charge on any atom is 0.335 e. The van der Waals surface area contributed by atoms with Crippen molar-refractivity contribution in [2.75, 3.05) is 37.1 Å². The minimum atomic E-state index is -2.04. The lowest BCUT2D eigenvalue weighted by atomic mass is 9.95. The van der Waals surface area contributed by atoms with Crippen LogP contribution in [-0.2, 0) is 17.8 Å². The van der Waals surface area contributed by atoms with E-state index in [9.17, 15) is 24.4 Å². The number of nitrogen functional groups attached to an aromatic ring is 1. The van der Waals surface area contributed by atoms with Crippen LogP contribution in [0.4, 0.5) is 11.4 Å². The van der Waals surface area contributed by atoms with E-state index in [1.807, 2.05) is 141 Å². The van der Waals surface area contributed by atoms with Crippen LogP contribution in [0.3, 0.4) is 0 Å². The van der Waals surface area contributed by atoms with Gasteiger partial charge < -0.3 is 44.4 Å². The van der Waals surface area contributed by atoms with Crippen LogP contribution in [0.25, 0.3) is 67.1 Å². The van der Waals surface area contributed by atoms with Gasteiger partial charge in [0.05, 0.1) is 40.3 Å². The van der Waals surface area contributed by atoms with Gasteiger partial charge in [0.15, 0.2) is 0 Å². The van der Waals surface area contributed by atoms with Gasteiger partial charge in [-0.15, -0.1) is 0 Å². The van der Waals surface area contributed by atoms with Crippen molar-refractivity contribution in [2.24, 2.45) is 0 Å². The van der Waals surface area contributed by atoms with Gasteiger partial charge in [0.2, 0.25) is 0 Å². The first-order chi connectivity index (χ1) is 42.1. The third-order valence-corrected chi connectivity index (χ3v) is 18.4. The summed E-state index contributed by atoms with van der Waals surface area (Å²) in [5.41, 5.74) is 19.8. The molecule has 2 aromatic heterocycles. The number of benzene rings is 8. The van der Waals surface area contributed by atoms with Crippen molar-refractivity contribution in [1.29, 1.82) is 0 Å². The summed E-state index contributed by atoms with van der Waals surface area (Å²) in [6.07, 6.45) is 13.1. The van der Waals surface area contributed by atoms with Gasteiger partial charge in [-0.1, -0.05) is 98.1 Å². The SMILES string of the molecule is CP(C)(=O)CCCNc1ccc(-c2ccc(Cl)cc2)c(COc2ccc(-c3nc4cc(C(=O)O)ccc4n3C3CCCCC3)cc2)c1.Nc1ccc(-c2ccc(Cl)cc2)c(COc2ccc(-c3nc4cc(C(=O)O)ccc4n3C3CCCCC3)cc2)c1. The van der Waals surface area contributed by atoms with Gasteiger partial charge in [0.1, 0.15) is 36.4 Å². The Hall–Kier alpha value is -8.35. The number of nitrogens with one attached hydrogen (secondary N) is 1. The molecule has 8 aromatic carbocycles. The number of anilines is 2. The third kappa shape index (κ3) is 14.7. The van der Waals surface area contributed by atoms with Crippen LogP contribution in [0.5, 0.6) is 11.5 Å². The number of halogens is 2. The van der Waals surface area contributed by atoms with Crippen molar-refractivity contribution in [3.05, 3.63) is 202 Å². The zero-order valence-corrected chi connectivity index (χ0v) is 51.3. The molecule has 2 heterocycles. The van der Waals surface area contributed by atoms with Crippen LogP contribution in [-0.4, -0.2) is 67.3 Å². The number of carboxylic acid groups (broad SMARTS) is 2. The third-order valence-electron chi connectivity index (χ3n) is 16.5. The van der Waals surface area contributed by atoms with E-state index in [4.69, 9.17) is 48.4 Å². The molecule has 0 aliphatic heterocycles. The van der Waals surface area contributed by atoms with Crippen LogP contribution < -0.4 is 20.5 Å². The first-order valence-electron chi connectivity index (χ1n) is 29.9. The van der Waals surface area contributed by atoms with Gasteiger partial charge in [0, 0.05) is 57.3 Å². The smallest absolute Gasteiger partial charge is 0.335 e. The van der Waals surface area contributed by atoms with Gasteiger partial charge in [-0.25, -0.2) is 19.6 Å². The molecule has 0 bridgehead atoms. The highest BCUT2D eigenvalue weighted by atomic mass is 35.5. The van der Waals surface area contributed by atoms with E-state index in [1.54, 1.807) is 24.3 Å². The van der Waals surface area contributed by atoms with Gasteiger partial charge in [-0.05, 0) is 212 Å². The Morgan fingerprint density at radius 1 is 0.552 bits per heavy atom. The van der Waals surface area contributed by atoms with Crippen molar-refractivity contribution in [3.63, 3.8) is 0 Å². The standard InChI is InChI=1S/C38H41ClN3O4P.C33H30ClN3O3/c1-47(2,45)22-6-21-40-31-16-19-34(26-9-14-30(39)15-10-26)29(23-31)25-46-33-17-11-27(12-18-33)37-41-35-24-28(38(43)44)13-20-36(35)42(37)32-7-4-3-5-8-32;34-25-11-6-21(7-12-25)29-16-13-26(35)18-24(29)20-40-28-14-8-22(9-15-28)32-36-30-19-23(33(38)39)10-17-31(30)37(32)27-4-2-1-3-5-27/h9-20,23-24,32,40H,3-8,21-22,25H2,1-2H3,(H,43,44);6-19,27H,1-5,20,35H2,(H,38,39). The molecule has 0 radical (unpaired) electrons. The number of hydrogen-bond donors (Lipinski definition) is 4. The maximum absolute atomic E-state index is 12.1. The Morgan fingerprint density at radius 3 is 1.41 bits per heavy atom. The fourth-order valence-electron chi connectivity index (χ4n) is 12.1. The second-order valence-corrected chi connectivity index (χ2v) is 27.7. The van der Waals surface area contributed by atoms with E-state index in [2.05, 4.69) is 32.7 Å². The molecule has 0 unspecified atom stereocenters. The predicted molar refractivity (Wildman–Crippen MR) is 353 cm³/mol. The van der Waals surface area contributed by atoms with E-state index in [0.717, 1.165) is 129 Å². The molecule has 5 N–H and O–H groups in total. The Labute approximate surface area is 517 Å². The zero-order chi connectivity index (χ0) is 60.6. The van der Waals surface area contributed by atoms with Crippen molar-refractivity contribution >= 4 is 75.7 Å². The Morgan fingerprint density at radius 2 is 0.977 bits per heavy atom. The average Bonchev–Trinajstić information content (AvgIpc) is 2.63. The van der Waals surface area contributed by atoms with Gasteiger partial charge >= 0.3 is 11.9 Å². The molecule has 13 nitrogen and oxygen atoms in total. The second-order valence-electron chi connectivity index (χ2n) is 23.2. The number of carbonyl (C=O) groups is 2. The molecular formula is C71H71Cl2N6O7P. The summed E-state index contributed by atoms with van der Waals surface area (Å²) in [5.74, 6) is 1.29. The second kappa shape index (κ2) is 27.1. The van der Waals surface area contributed by atoms with Crippen molar-refractivity contribution < 1.29 is 33.8 Å². The lowest BCUT2D eigenvalue weighted by Gasteiger charge is -2.25. The number of aromatic nitrogens is 4. The van der Waals surface area contributed by atoms with Crippen LogP contribution in [0.15, 0.2) is 170 Å². The summed E-state index contributed by atoms with van der Waals surface area (Å²) >= 11 is 12.3. The molecule has 2 aliphatic carbocycles. The molecule has 12 rings (SSSR count). The van der Waals surface area contributed by atoms with Crippen LogP contribution >= 0.6 is 30.3 Å². The lowest BCUT2D eigenvalue weighted by Crippen LogP contribution is -2.14. The fraction of sp³-hybridized carbons (Fsp3) is 0.268. The number of imidazole rings is 2. The molecule has 0 saturated heterocycles. The lowest BCUT2D eigenvalue weighted by molar-refractivity contribution is 0.0686. The molecule has 16 heteroatoms. The van der Waals surface area contributed by atoms with Crippen molar-refractivity contribution in [1.82, 2.24) is 19.1 Å². The molecule has 10 aromatic rings. The molecule has 0 spiro atoms. The highest BCUT2D eigenvalue weighted by Crippen LogP contribution is 2.40. The normalized spacial score (nSPS) is 13.9. The number of carboxylic acids is 2. The molecule has 2 fully saturated rings. The number of nitrogens with two attached hydrogens (primary N) is 1. The van der Waals surface area contributed by atoms with E-state index in [-0.39, 0.29) is 11.1 Å². The highest BCUT2D eigenvalue weighted by molar-refractivity contribution is 7.62. The largest absolute Gasteiger partial charge is 0.489 e. The van der Waals surface area contributed by atoms with Crippen LogP contribution in [0, 0.1) is 0 Å². The Kier molecular flexibility index (Phi) is 18.8. The predicted octanol–water partition coefficient (Wildman–Crippen LogP) is 18.6. The van der Waals surface area contributed by atoms with Gasteiger partial charge in [-0.3, -0.25) is 0 Å². The van der Waals surface area contributed by atoms with E-state index in [1.165, 1.54) is 38.5 Å². The first kappa shape index (κ1) is 60.3. The summed E-state index contributed by atoms with van der Waals surface area (Å²) in [7, 11) is -2.04. The maximum atomic E-state index is 12.1. The fourth-order valence-corrected chi connectivity index (χ4v) is 13.3. The number of ether oxygens (including phenoxy) is 2. The van der Waals surface area contributed by atoms with Crippen molar-refractivity contribution in [2.45, 2.75) is 95.9 Å². The molecule has 2 aliphatic rings. The number of hydrogen-bond acceptors (Lipinski definition) is 9. The number of fused-ring (bicyclic) bond motifs is 2. The number of nitrogens with zero attached hydrogens (tertiary/aromatic N) is 4. The summed E-state index contributed by atoms with van der Waals surface area (Å²) < 4.78 is 29.3.